The predicted molar refractivity (Wildman–Crippen MR) is 105 cm³/mol. The molecule has 0 atom stereocenters. The Bertz CT molecular complexity index is 1100. The van der Waals surface area contributed by atoms with Gasteiger partial charge in [-0.25, -0.2) is 9.37 Å². The molecule has 0 fully saturated rings. The Kier molecular flexibility index (Phi) is 4.49. The highest BCUT2D eigenvalue weighted by Crippen LogP contribution is 2.27. The molecule has 0 bridgehead atoms. The normalized spacial score (nSPS) is 11.1. The molecule has 0 aliphatic carbocycles. The first-order chi connectivity index (χ1) is 13.2. The highest BCUT2D eigenvalue weighted by Gasteiger charge is 2.10. The van der Waals surface area contributed by atoms with Crippen LogP contribution in [0.4, 0.5) is 10.1 Å². The summed E-state index contributed by atoms with van der Waals surface area (Å²) in [5, 5.41) is 2.89. The van der Waals surface area contributed by atoms with Gasteiger partial charge in [-0.1, -0.05) is 36.4 Å². The molecule has 0 aliphatic rings. The SMILES string of the molecule is O=C(/C=C/c1ccc(F)cc1)Nc1ccccc1-c1cn2ccccc2n1. The highest BCUT2D eigenvalue weighted by atomic mass is 19.1. The Hall–Kier alpha value is -3.73. The van der Waals surface area contributed by atoms with E-state index in [2.05, 4.69) is 10.3 Å². The minimum absolute atomic E-state index is 0.268. The van der Waals surface area contributed by atoms with Crippen LogP contribution in [-0.2, 0) is 4.79 Å². The third-order valence-corrected chi connectivity index (χ3v) is 4.12. The van der Waals surface area contributed by atoms with Crippen LogP contribution in [0.15, 0.2) is 85.2 Å². The van der Waals surface area contributed by atoms with Crippen LogP contribution in [0, 0.1) is 5.82 Å². The number of para-hydroxylation sites is 1. The molecule has 0 radical (unpaired) electrons. The van der Waals surface area contributed by atoms with Gasteiger partial charge < -0.3 is 9.72 Å². The number of halogens is 1. The number of amides is 1. The smallest absolute Gasteiger partial charge is 0.248 e. The first-order valence-electron chi connectivity index (χ1n) is 8.47. The number of benzene rings is 2. The van der Waals surface area contributed by atoms with Crippen molar-refractivity contribution in [3.05, 3.63) is 96.6 Å². The van der Waals surface area contributed by atoms with Crippen molar-refractivity contribution in [1.29, 1.82) is 0 Å². The summed E-state index contributed by atoms with van der Waals surface area (Å²) in [6.07, 6.45) is 6.92. The van der Waals surface area contributed by atoms with Gasteiger partial charge in [0.1, 0.15) is 11.5 Å². The summed E-state index contributed by atoms with van der Waals surface area (Å²) in [4.78, 5) is 16.9. The number of pyridine rings is 1. The zero-order chi connectivity index (χ0) is 18.6. The molecule has 27 heavy (non-hydrogen) atoms. The molecule has 2 aromatic carbocycles. The van der Waals surface area contributed by atoms with E-state index in [-0.39, 0.29) is 11.7 Å². The van der Waals surface area contributed by atoms with Gasteiger partial charge >= 0.3 is 0 Å². The van der Waals surface area contributed by atoms with Crippen molar-refractivity contribution < 1.29 is 9.18 Å². The minimum Gasteiger partial charge on any atom is -0.322 e. The Morgan fingerprint density at radius 1 is 1.00 bits per heavy atom. The van der Waals surface area contributed by atoms with Crippen LogP contribution in [0.25, 0.3) is 23.0 Å². The van der Waals surface area contributed by atoms with Crippen LogP contribution in [0.3, 0.4) is 0 Å². The number of carbonyl (C=O) groups excluding carboxylic acids is 1. The fourth-order valence-electron chi connectivity index (χ4n) is 2.80. The quantitative estimate of drug-likeness (QED) is 0.534. The summed E-state index contributed by atoms with van der Waals surface area (Å²) in [7, 11) is 0. The van der Waals surface area contributed by atoms with E-state index in [1.165, 1.54) is 18.2 Å². The molecule has 0 saturated heterocycles. The van der Waals surface area contributed by atoms with Gasteiger partial charge in [-0.3, -0.25) is 4.79 Å². The van der Waals surface area contributed by atoms with Crippen molar-refractivity contribution in [2.45, 2.75) is 0 Å². The lowest BCUT2D eigenvalue weighted by Crippen LogP contribution is -2.08. The molecule has 0 unspecified atom stereocenters. The molecule has 0 spiro atoms. The Morgan fingerprint density at radius 2 is 1.78 bits per heavy atom. The van der Waals surface area contributed by atoms with Crippen molar-refractivity contribution in [3.8, 4) is 11.3 Å². The maximum atomic E-state index is 12.9. The molecule has 1 N–H and O–H groups in total. The van der Waals surface area contributed by atoms with Gasteiger partial charge in [0.2, 0.25) is 5.91 Å². The lowest BCUT2D eigenvalue weighted by atomic mass is 10.1. The van der Waals surface area contributed by atoms with E-state index in [0.29, 0.717) is 5.69 Å². The minimum atomic E-state index is -0.307. The zero-order valence-electron chi connectivity index (χ0n) is 14.3. The number of hydrogen-bond acceptors (Lipinski definition) is 2. The fourth-order valence-corrected chi connectivity index (χ4v) is 2.80. The molecule has 1 amide bonds. The fraction of sp³-hybridized carbons (Fsp3) is 0. The number of aromatic nitrogens is 2. The van der Waals surface area contributed by atoms with Gasteiger partial charge in [-0.2, -0.15) is 0 Å². The molecule has 5 heteroatoms. The van der Waals surface area contributed by atoms with Gasteiger partial charge in [-0.15, -0.1) is 0 Å². The second-order valence-corrected chi connectivity index (χ2v) is 6.01. The van der Waals surface area contributed by atoms with E-state index < -0.39 is 0 Å². The number of hydrogen-bond donors (Lipinski definition) is 1. The van der Waals surface area contributed by atoms with E-state index in [0.717, 1.165) is 22.5 Å². The van der Waals surface area contributed by atoms with Crippen molar-refractivity contribution in [3.63, 3.8) is 0 Å². The lowest BCUT2D eigenvalue weighted by molar-refractivity contribution is -0.111. The summed E-state index contributed by atoms with van der Waals surface area (Å²) >= 11 is 0. The van der Waals surface area contributed by atoms with Crippen molar-refractivity contribution in [2.75, 3.05) is 5.32 Å². The summed E-state index contributed by atoms with van der Waals surface area (Å²) in [5.74, 6) is -0.575. The van der Waals surface area contributed by atoms with Gasteiger partial charge in [-0.05, 0) is 42.0 Å². The summed E-state index contributed by atoms with van der Waals surface area (Å²) in [6.45, 7) is 0. The van der Waals surface area contributed by atoms with E-state index >= 15 is 0 Å². The predicted octanol–water partition coefficient (Wildman–Crippen LogP) is 4.79. The number of fused-ring (bicyclic) bond motifs is 1. The monoisotopic (exact) mass is 357 g/mol. The third-order valence-electron chi connectivity index (χ3n) is 4.12. The molecule has 0 aliphatic heterocycles. The lowest BCUT2D eigenvalue weighted by Gasteiger charge is -2.07. The molecule has 2 aromatic heterocycles. The number of imidazole rings is 1. The van der Waals surface area contributed by atoms with Gasteiger partial charge in [0, 0.05) is 24.0 Å². The van der Waals surface area contributed by atoms with Crippen LogP contribution in [0.1, 0.15) is 5.56 Å². The second-order valence-electron chi connectivity index (χ2n) is 6.01. The first-order valence-corrected chi connectivity index (χ1v) is 8.47. The van der Waals surface area contributed by atoms with Crippen LogP contribution < -0.4 is 5.32 Å². The van der Waals surface area contributed by atoms with Gasteiger partial charge in [0.25, 0.3) is 0 Å². The summed E-state index contributed by atoms with van der Waals surface area (Å²) < 4.78 is 14.9. The number of anilines is 1. The number of nitrogens with zero attached hydrogens (tertiary/aromatic N) is 2. The zero-order valence-corrected chi connectivity index (χ0v) is 14.3. The van der Waals surface area contributed by atoms with E-state index in [1.807, 2.05) is 59.3 Å². The number of nitrogens with one attached hydrogen (secondary N) is 1. The summed E-state index contributed by atoms with van der Waals surface area (Å²) in [6, 6.07) is 19.3. The molecular weight excluding hydrogens is 341 g/mol. The molecular formula is C22H16FN3O. The van der Waals surface area contributed by atoms with Crippen molar-refractivity contribution in [1.82, 2.24) is 9.38 Å². The highest BCUT2D eigenvalue weighted by molar-refractivity contribution is 6.04. The molecule has 4 rings (SSSR count). The Labute approximate surface area is 155 Å². The van der Waals surface area contributed by atoms with Crippen LogP contribution in [-0.4, -0.2) is 15.3 Å². The molecule has 0 saturated carbocycles. The topological polar surface area (TPSA) is 46.4 Å². The maximum Gasteiger partial charge on any atom is 0.248 e. The van der Waals surface area contributed by atoms with Crippen molar-refractivity contribution >= 4 is 23.3 Å². The number of rotatable bonds is 4. The van der Waals surface area contributed by atoms with Crippen LogP contribution in [0.5, 0.6) is 0 Å². The largest absolute Gasteiger partial charge is 0.322 e. The molecule has 4 aromatic rings. The second kappa shape index (κ2) is 7.25. The van der Waals surface area contributed by atoms with Crippen molar-refractivity contribution in [2.24, 2.45) is 0 Å². The van der Waals surface area contributed by atoms with Crippen LogP contribution >= 0.6 is 0 Å². The Balaban J connectivity index is 1.57. The van der Waals surface area contributed by atoms with Crippen LogP contribution in [0.2, 0.25) is 0 Å². The van der Waals surface area contributed by atoms with E-state index in [4.69, 9.17) is 0 Å². The average Bonchev–Trinajstić information content (AvgIpc) is 3.12. The maximum absolute atomic E-state index is 12.9. The number of carbonyl (C=O) groups is 1. The third kappa shape index (κ3) is 3.77. The summed E-state index contributed by atoms with van der Waals surface area (Å²) in [5.41, 5.74) is 3.88. The molecule has 132 valence electrons. The van der Waals surface area contributed by atoms with E-state index in [9.17, 15) is 9.18 Å². The van der Waals surface area contributed by atoms with E-state index in [1.54, 1.807) is 18.2 Å². The standard InChI is InChI=1S/C22H16FN3O/c23-17-11-8-16(9-12-17)10-13-22(27)25-19-6-2-1-5-18(19)20-15-26-14-4-3-7-21(26)24-20/h1-15H,(H,25,27)/b13-10+. The molecule has 4 nitrogen and oxygen atoms in total. The first kappa shape index (κ1) is 16.7. The molecule has 2 heterocycles. The van der Waals surface area contributed by atoms with Gasteiger partial charge in [0.15, 0.2) is 0 Å². The van der Waals surface area contributed by atoms with Gasteiger partial charge in [0.05, 0.1) is 11.4 Å². The Morgan fingerprint density at radius 3 is 2.59 bits per heavy atom. The average molecular weight is 357 g/mol.